The fraction of sp³-hybridized carbons (Fsp3) is 0.444. The fourth-order valence-corrected chi connectivity index (χ4v) is 3.35. The monoisotopic (exact) mass is 342 g/mol. The molecule has 1 fully saturated rings. The van der Waals surface area contributed by atoms with E-state index < -0.39 is 0 Å². The molecule has 1 atom stereocenters. The van der Waals surface area contributed by atoms with Crippen molar-refractivity contribution in [3.63, 3.8) is 0 Å². The Balaban J connectivity index is 1.64. The summed E-state index contributed by atoms with van der Waals surface area (Å²) >= 11 is 0. The number of aliphatic hydroxyl groups excluding tert-OH is 1. The molecule has 1 aromatic carbocycles. The van der Waals surface area contributed by atoms with Crippen LogP contribution >= 0.6 is 0 Å². The van der Waals surface area contributed by atoms with Crippen molar-refractivity contribution in [3.8, 4) is 5.75 Å². The summed E-state index contributed by atoms with van der Waals surface area (Å²) in [5, 5.41) is 9.38. The molecule has 3 N–H and O–H groups in total. The van der Waals surface area contributed by atoms with Crippen LogP contribution in [-0.4, -0.2) is 41.4 Å². The van der Waals surface area contributed by atoms with Gasteiger partial charge in [0.1, 0.15) is 18.2 Å². The minimum absolute atomic E-state index is 0.0135. The predicted molar refractivity (Wildman–Crippen MR) is 93.5 cm³/mol. The summed E-state index contributed by atoms with van der Waals surface area (Å²) in [5.41, 5.74) is 8.80. The van der Waals surface area contributed by atoms with Gasteiger partial charge in [0, 0.05) is 30.7 Å². The second-order valence-corrected chi connectivity index (χ2v) is 6.44. The number of hydrogen-bond acceptors (Lipinski definition) is 7. The summed E-state index contributed by atoms with van der Waals surface area (Å²) in [6.07, 6.45) is 0.960. The SMILES string of the molecule is Nc1nc([C@H]2CCOC2)cc(N2CCOc3ccc(CO)cc3C2)n1. The number of nitrogens with two attached hydrogens (primary N) is 1. The molecule has 7 nitrogen and oxygen atoms in total. The van der Waals surface area contributed by atoms with Crippen LogP contribution in [0.4, 0.5) is 11.8 Å². The number of ether oxygens (including phenoxy) is 2. The van der Waals surface area contributed by atoms with Crippen LogP contribution in [0.1, 0.15) is 29.2 Å². The number of rotatable bonds is 3. The van der Waals surface area contributed by atoms with Crippen LogP contribution in [0.25, 0.3) is 0 Å². The van der Waals surface area contributed by atoms with Crippen LogP contribution in [0, 0.1) is 0 Å². The van der Waals surface area contributed by atoms with E-state index in [0.717, 1.165) is 41.4 Å². The first-order valence-corrected chi connectivity index (χ1v) is 8.55. The lowest BCUT2D eigenvalue weighted by atomic mass is 10.0. The molecule has 0 spiro atoms. The summed E-state index contributed by atoms with van der Waals surface area (Å²) in [6, 6.07) is 7.79. The Morgan fingerprint density at radius 2 is 2.16 bits per heavy atom. The summed E-state index contributed by atoms with van der Waals surface area (Å²) in [5.74, 6) is 2.22. The minimum Gasteiger partial charge on any atom is -0.491 e. The van der Waals surface area contributed by atoms with Gasteiger partial charge in [-0.1, -0.05) is 6.07 Å². The van der Waals surface area contributed by atoms with Crippen molar-refractivity contribution < 1.29 is 14.6 Å². The van der Waals surface area contributed by atoms with E-state index in [1.165, 1.54) is 0 Å². The van der Waals surface area contributed by atoms with Gasteiger partial charge in [0.05, 0.1) is 25.5 Å². The number of fused-ring (bicyclic) bond motifs is 1. The third kappa shape index (κ3) is 3.38. The first-order chi connectivity index (χ1) is 12.2. The van der Waals surface area contributed by atoms with E-state index in [1.54, 1.807) is 0 Å². The highest BCUT2D eigenvalue weighted by Gasteiger charge is 2.23. The van der Waals surface area contributed by atoms with Crippen LogP contribution < -0.4 is 15.4 Å². The number of anilines is 2. The predicted octanol–water partition coefficient (Wildman–Crippen LogP) is 1.45. The normalized spacial score (nSPS) is 20.0. The number of nitrogen functional groups attached to an aromatic ring is 1. The lowest BCUT2D eigenvalue weighted by molar-refractivity contribution is 0.193. The van der Waals surface area contributed by atoms with Gasteiger partial charge in [0.25, 0.3) is 0 Å². The average molecular weight is 342 g/mol. The van der Waals surface area contributed by atoms with E-state index in [1.807, 2.05) is 24.3 Å². The maximum absolute atomic E-state index is 9.38. The molecule has 7 heteroatoms. The molecule has 0 bridgehead atoms. The van der Waals surface area contributed by atoms with Gasteiger partial charge >= 0.3 is 0 Å². The van der Waals surface area contributed by atoms with Crippen molar-refractivity contribution in [2.45, 2.75) is 25.5 Å². The molecular formula is C18H22N4O3. The molecule has 1 saturated heterocycles. The van der Waals surface area contributed by atoms with Crippen molar-refractivity contribution in [1.29, 1.82) is 0 Å². The number of aliphatic hydroxyl groups is 1. The maximum atomic E-state index is 9.38. The summed E-state index contributed by atoms with van der Waals surface area (Å²) in [4.78, 5) is 11.0. The molecule has 25 heavy (non-hydrogen) atoms. The first kappa shape index (κ1) is 16.1. The number of aromatic nitrogens is 2. The minimum atomic E-state index is 0.0135. The van der Waals surface area contributed by atoms with Crippen molar-refractivity contribution in [3.05, 3.63) is 41.1 Å². The number of nitrogens with zero attached hydrogens (tertiary/aromatic N) is 3. The van der Waals surface area contributed by atoms with Crippen LogP contribution in [0.15, 0.2) is 24.3 Å². The van der Waals surface area contributed by atoms with Crippen LogP contribution in [-0.2, 0) is 17.9 Å². The fourth-order valence-electron chi connectivity index (χ4n) is 3.35. The van der Waals surface area contributed by atoms with Crippen molar-refractivity contribution in [1.82, 2.24) is 9.97 Å². The molecule has 132 valence electrons. The Morgan fingerprint density at radius 3 is 2.96 bits per heavy atom. The number of hydrogen-bond donors (Lipinski definition) is 2. The third-order valence-electron chi connectivity index (χ3n) is 4.71. The Bertz CT molecular complexity index is 762. The Morgan fingerprint density at radius 1 is 1.24 bits per heavy atom. The van der Waals surface area contributed by atoms with Gasteiger partial charge in [-0.15, -0.1) is 0 Å². The molecule has 2 aliphatic heterocycles. The first-order valence-electron chi connectivity index (χ1n) is 8.55. The number of benzene rings is 1. The lowest BCUT2D eigenvalue weighted by Gasteiger charge is -2.22. The van der Waals surface area contributed by atoms with Crippen molar-refractivity contribution in [2.75, 3.05) is 37.0 Å². The van der Waals surface area contributed by atoms with E-state index in [-0.39, 0.29) is 18.5 Å². The van der Waals surface area contributed by atoms with Crippen molar-refractivity contribution >= 4 is 11.8 Å². The lowest BCUT2D eigenvalue weighted by Crippen LogP contribution is -2.27. The molecular weight excluding hydrogens is 320 g/mol. The van der Waals surface area contributed by atoms with E-state index in [4.69, 9.17) is 15.2 Å². The summed E-state index contributed by atoms with van der Waals surface area (Å²) < 4.78 is 11.3. The van der Waals surface area contributed by atoms with Gasteiger partial charge in [0.2, 0.25) is 5.95 Å². The molecule has 0 radical (unpaired) electrons. The standard InChI is InChI=1S/C18H22N4O3/c19-18-20-15(13-3-5-24-11-13)8-17(21-18)22-4-6-25-16-2-1-12(10-23)7-14(16)9-22/h1-2,7-8,13,23H,3-6,9-11H2,(H2,19,20,21)/t13-/m0/s1. The van der Waals surface area contributed by atoms with E-state index in [2.05, 4.69) is 14.9 Å². The zero-order chi connectivity index (χ0) is 17.2. The molecule has 2 aliphatic rings. The van der Waals surface area contributed by atoms with E-state index in [0.29, 0.717) is 26.3 Å². The second kappa shape index (κ2) is 6.85. The highest BCUT2D eigenvalue weighted by atomic mass is 16.5. The van der Waals surface area contributed by atoms with Gasteiger partial charge in [-0.05, 0) is 24.1 Å². The topological polar surface area (TPSA) is 93.7 Å². The zero-order valence-corrected chi connectivity index (χ0v) is 14.0. The summed E-state index contributed by atoms with van der Waals surface area (Å²) in [6.45, 7) is 3.39. The quantitative estimate of drug-likeness (QED) is 0.872. The zero-order valence-electron chi connectivity index (χ0n) is 14.0. The molecule has 0 aliphatic carbocycles. The maximum Gasteiger partial charge on any atom is 0.222 e. The molecule has 0 unspecified atom stereocenters. The van der Waals surface area contributed by atoms with E-state index >= 15 is 0 Å². The molecule has 0 saturated carbocycles. The smallest absolute Gasteiger partial charge is 0.222 e. The van der Waals surface area contributed by atoms with Gasteiger partial charge in [-0.3, -0.25) is 0 Å². The van der Waals surface area contributed by atoms with Crippen molar-refractivity contribution in [2.24, 2.45) is 0 Å². The Labute approximate surface area is 146 Å². The Hall–Kier alpha value is -2.38. The summed E-state index contributed by atoms with van der Waals surface area (Å²) in [7, 11) is 0. The Kier molecular flexibility index (Phi) is 4.42. The van der Waals surface area contributed by atoms with Gasteiger partial charge in [0.15, 0.2) is 0 Å². The van der Waals surface area contributed by atoms with Crippen LogP contribution in [0.3, 0.4) is 0 Å². The molecule has 1 aromatic heterocycles. The second-order valence-electron chi connectivity index (χ2n) is 6.44. The highest BCUT2D eigenvalue weighted by molar-refractivity contribution is 5.48. The average Bonchev–Trinajstić information content (AvgIpc) is 3.07. The van der Waals surface area contributed by atoms with Gasteiger partial charge in [-0.25, -0.2) is 4.98 Å². The molecule has 4 rings (SSSR count). The van der Waals surface area contributed by atoms with Gasteiger partial charge < -0.3 is 25.2 Å². The molecule has 2 aromatic rings. The highest BCUT2D eigenvalue weighted by Crippen LogP contribution is 2.30. The van der Waals surface area contributed by atoms with E-state index in [9.17, 15) is 5.11 Å². The van der Waals surface area contributed by atoms with Gasteiger partial charge in [-0.2, -0.15) is 4.98 Å². The van der Waals surface area contributed by atoms with Crippen LogP contribution in [0.5, 0.6) is 5.75 Å². The van der Waals surface area contributed by atoms with Crippen LogP contribution in [0.2, 0.25) is 0 Å². The molecule has 3 heterocycles. The molecule has 0 amide bonds. The largest absolute Gasteiger partial charge is 0.491 e. The third-order valence-corrected chi connectivity index (χ3v) is 4.71.